The van der Waals surface area contributed by atoms with Crippen LogP contribution < -0.4 is 4.74 Å². The number of piperidine rings is 3. The summed E-state index contributed by atoms with van der Waals surface area (Å²) in [5, 5.41) is 19.5. The van der Waals surface area contributed by atoms with Crippen LogP contribution >= 0.6 is 0 Å². The minimum Gasteiger partial charge on any atom is -0.497 e. The summed E-state index contributed by atoms with van der Waals surface area (Å²) < 4.78 is 5.34. The molecule has 3 aliphatic heterocycles. The lowest BCUT2D eigenvalue weighted by molar-refractivity contribution is -0.0442. The summed E-state index contributed by atoms with van der Waals surface area (Å²) >= 11 is 0. The lowest BCUT2D eigenvalue weighted by atomic mass is 9.73. The summed E-state index contributed by atoms with van der Waals surface area (Å²) in [4.78, 5) is 12.3. The maximum absolute atomic E-state index is 11.5. The van der Waals surface area contributed by atoms with Gasteiger partial charge in [0.05, 0.1) is 24.4 Å². The first-order valence-electron chi connectivity index (χ1n) is 9.77. The highest BCUT2D eigenvalue weighted by atomic mass is 16.5. The van der Waals surface area contributed by atoms with Crippen molar-refractivity contribution in [3.8, 4) is 5.75 Å². The molecule has 0 spiro atoms. The number of nitrogens with zero attached hydrogens (tertiary/aromatic N) is 8. The molecule has 4 heterocycles. The number of fused-ring (bicyclic) bond motifs is 4. The molecule has 1 aromatic carbocycles. The van der Waals surface area contributed by atoms with E-state index in [-0.39, 0.29) is 17.5 Å². The van der Waals surface area contributed by atoms with Crippen LogP contribution in [0.25, 0.3) is 31.8 Å². The second kappa shape index (κ2) is 8.22. The number of aliphatic hydroxyl groups is 1. The van der Waals surface area contributed by atoms with Gasteiger partial charge >= 0.3 is 0 Å². The van der Waals surface area contributed by atoms with Gasteiger partial charge in [-0.3, -0.25) is 4.90 Å². The van der Waals surface area contributed by atoms with Gasteiger partial charge in [0, 0.05) is 33.4 Å². The zero-order valence-corrected chi connectivity index (χ0v) is 16.6. The molecule has 30 heavy (non-hydrogen) atoms. The Balaban J connectivity index is 1.91. The molecular formula is C20H22N8O2. The first-order chi connectivity index (χ1) is 14.6. The highest BCUT2D eigenvalue weighted by Gasteiger charge is 2.43. The molecule has 3 fully saturated rings. The smallest absolute Gasteiger partial charge is 0.137 e. The molecule has 10 nitrogen and oxygen atoms in total. The van der Waals surface area contributed by atoms with Gasteiger partial charge in [-0.25, -0.2) is 4.98 Å². The Morgan fingerprint density at radius 2 is 2.17 bits per heavy atom. The zero-order valence-electron chi connectivity index (χ0n) is 16.6. The third-order valence-corrected chi connectivity index (χ3v) is 6.29. The van der Waals surface area contributed by atoms with E-state index < -0.39 is 6.10 Å². The minimum absolute atomic E-state index is 0.0477. The van der Waals surface area contributed by atoms with E-state index in [9.17, 15) is 5.11 Å². The number of hydrogen-bond acceptors (Lipinski definition) is 6. The molecule has 3 aliphatic rings. The van der Waals surface area contributed by atoms with Crippen molar-refractivity contribution in [1.29, 1.82) is 0 Å². The van der Waals surface area contributed by atoms with Crippen molar-refractivity contribution >= 4 is 22.4 Å². The van der Waals surface area contributed by atoms with Gasteiger partial charge in [-0.1, -0.05) is 11.2 Å². The largest absolute Gasteiger partial charge is 0.497 e. The van der Waals surface area contributed by atoms with Crippen LogP contribution in [-0.4, -0.2) is 41.2 Å². The van der Waals surface area contributed by atoms with E-state index in [1.165, 1.54) is 0 Å². The number of rotatable bonds is 6. The number of hydrogen-bond donors (Lipinski definition) is 1. The molecule has 2 aromatic rings. The van der Waals surface area contributed by atoms with Crippen molar-refractivity contribution in [3.05, 3.63) is 57.3 Å². The van der Waals surface area contributed by atoms with Crippen LogP contribution in [0.5, 0.6) is 5.75 Å². The molecule has 2 bridgehead atoms. The summed E-state index contributed by atoms with van der Waals surface area (Å²) in [6, 6.07) is 5.06. The summed E-state index contributed by atoms with van der Waals surface area (Å²) in [6.07, 6.45) is 2.91. The van der Waals surface area contributed by atoms with Gasteiger partial charge in [0.2, 0.25) is 0 Å². The number of methoxy groups -OCH3 is 1. The highest BCUT2D eigenvalue weighted by Crippen LogP contribution is 2.46. The second-order valence-electron chi connectivity index (χ2n) is 7.65. The molecule has 0 radical (unpaired) electrons. The number of pyridine rings is 1. The van der Waals surface area contributed by atoms with Gasteiger partial charge in [-0.2, -0.15) is 0 Å². The Labute approximate surface area is 173 Å². The Hall–Kier alpha value is -3.29. The quantitative estimate of drug-likeness (QED) is 0.309. The van der Waals surface area contributed by atoms with E-state index in [0.29, 0.717) is 34.1 Å². The third kappa shape index (κ3) is 3.32. The van der Waals surface area contributed by atoms with E-state index in [1.807, 2.05) is 6.08 Å². The van der Waals surface area contributed by atoms with Gasteiger partial charge < -0.3 is 9.84 Å². The van der Waals surface area contributed by atoms with E-state index in [1.54, 1.807) is 25.3 Å². The molecule has 2 unspecified atom stereocenters. The van der Waals surface area contributed by atoms with Crippen LogP contribution in [0.2, 0.25) is 0 Å². The van der Waals surface area contributed by atoms with Crippen molar-refractivity contribution < 1.29 is 9.84 Å². The van der Waals surface area contributed by atoms with E-state index in [4.69, 9.17) is 15.8 Å². The van der Waals surface area contributed by atoms with Gasteiger partial charge in [-0.15, -0.1) is 6.58 Å². The first-order valence-corrected chi connectivity index (χ1v) is 9.77. The number of ether oxygens (including phenoxy) is 1. The average Bonchev–Trinajstić information content (AvgIpc) is 2.79. The maximum atomic E-state index is 11.5. The van der Waals surface area contributed by atoms with Crippen LogP contribution in [0.15, 0.2) is 41.1 Å². The number of aromatic nitrogens is 1. The summed E-state index contributed by atoms with van der Waals surface area (Å²) in [7, 11) is 1.55. The van der Waals surface area contributed by atoms with Crippen LogP contribution in [0.1, 0.15) is 24.5 Å². The zero-order chi connectivity index (χ0) is 21.3. The summed E-state index contributed by atoms with van der Waals surface area (Å²) in [5.74, 6) is 1.39. The van der Waals surface area contributed by atoms with Crippen molar-refractivity contribution in [2.24, 2.45) is 22.1 Å². The molecule has 0 amide bonds. The van der Waals surface area contributed by atoms with Crippen molar-refractivity contribution in [3.63, 3.8) is 0 Å². The number of aliphatic hydroxyl groups excluding tert-OH is 1. The molecule has 0 saturated carbocycles. The van der Waals surface area contributed by atoms with E-state index in [2.05, 4.69) is 36.5 Å². The predicted molar refractivity (Wildman–Crippen MR) is 113 cm³/mol. The Morgan fingerprint density at radius 3 is 2.80 bits per heavy atom. The topological polar surface area (TPSA) is 143 Å². The summed E-state index contributed by atoms with van der Waals surface area (Å²) in [6.45, 7) is 5.68. The summed E-state index contributed by atoms with van der Waals surface area (Å²) in [5.41, 5.74) is 19.1. The molecule has 0 aliphatic carbocycles. The molecule has 154 valence electrons. The van der Waals surface area contributed by atoms with Gasteiger partial charge in [0.25, 0.3) is 0 Å². The molecule has 1 N–H and O–H groups in total. The minimum atomic E-state index is -0.954. The number of azide groups is 2. The van der Waals surface area contributed by atoms with Gasteiger partial charge in [-0.05, 0) is 65.6 Å². The fourth-order valence-electron chi connectivity index (χ4n) is 4.82. The van der Waals surface area contributed by atoms with E-state index in [0.717, 1.165) is 25.9 Å². The average molecular weight is 406 g/mol. The van der Waals surface area contributed by atoms with Crippen LogP contribution in [-0.2, 0) is 0 Å². The molecule has 5 rings (SSSR count). The maximum Gasteiger partial charge on any atom is 0.137 e. The molecule has 5 atom stereocenters. The highest BCUT2D eigenvalue weighted by molar-refractivity contribution is 5.91. The SMILES string of the molecule is C=C[C@H]1CN2CCC1C[C@H]2[C@H](O)c1c(N=[N+]=[N-])c(N=[N+]=[N-])nc2ccc(OC)cc12. The van der Waals surface area contributed by atoms with Crippen molar-refractivity contribution in [2.45, 2.75) is 25.0 Å². The predicted octanol–water partition coefficient (Wildman–Crippen LogP) is 5.06. The second-order valence-corrected chi connectivity index (χ2v) is 7.65. The third-order valence-electron chi connectivity index (χ3n) is 6.29. The Morgan fingerprint density at radius 1 is 1.37 bits per heavy atom. The van der Waals surface area contributed by atoms with Crippen LogP contribution in [0, 0.1) is 11.8 Å². The number of benzene rings is 1. The Bertz CT molecular complexity index is 1090. The van der Waals surface area contributed by atoms with Crippen molar-refractivity contribution in [1.82, 2.24) is 9.88 Å². The fraction of sp³-hybridized carbons (Fsp3) is 0.450. The lowest BCUT2D eigenvalue weighted by Gasteiger charge is -2.50. The van der Waals surface area contributed by atoms with Crippen LogP contribution in [0.3, 0.4) is 0 Å². The fourth-order valence-corrected chi connectivity index (χ4v) is 4.82. The molecule has 1 aromatic heterocycles. The lowest BCUT2D eigenvalue weighted by Crippen LogP contribution is -2.54. The normalized spacial score (nSPS) is 25.8. The molecule has 3 saturated heterocycles. The van der Waals surface area contributed by atoms with Crippen LogP contribution in [0.4, 0.5) is 11.5 Å². The first kappa shape index (κ1) is 20.0. The molecular weight excluding hydrogens is 384 g/mol. The monoisotopic (exact) mass is 406 g/mol. The van der Waals surface area contributed by atoms with E-state index >= 15 is 0 Å². The van der Waals surface area contributed by atoms with Gasteiger partial charge in [0.1, 0.15) is 11.6 Å². The standard InChI is InChI=1S/C20H22N8O2/c1-3-11-10-28-7-6-12(11)8-16(28)19(29)17-14-9-13(30-2)4-5-15(14)23-20(25-27-22)18(17)24-26-21/h3-5,9,11-12,16,19,29H,1,6-8,10H2,2H3/t11-,12?,16-,19-/m0/s1. The van der Waals surface area contributed by atoms with Gasteiger partial charge in [0.15, 0.2) is 0 Å². The molecule has 10 heteroatoms. The van der Waals surface area contributed by atoms with Crippen molar-refractivity contribution in [2.75, 3.05) is 20.2 Å². The Kier molecular flexibility index (Phi) is 5.48.